The minimum atomic E-state index is -0.00622. The Morgan fingerprint density at radius 3 is 2.88 bits per heavy atom. The van der Waals surface area contributed by atoms with E-state index in [1.807, 2.05) is 24.4 Å². The minimum absolute atomic E-state index is 0.00622. The maximum absolute atomic E-state index is 12.8. The molecule has 2 aromatic rings. The van der Waals surface area contributed by atoms with Gasteiger partial charge in [-0.1, -0.05) is 12.1 Å². The Labute approximate surface area is 153 Å². The lowest BCUT2D eigenvalue weighted by Gasteiger charge is -2.34. The van der Waals surface area contributed by atoms with Crippen LogP contribution in [0, 0.1) is 11.8 Å². The van der Waals surface area contributed by atoms with Crippen LogP contribution in [0.15, 0.2) is 30.5 Å². The average molecular weight is 354 g/mol. The molecule has 1 atom stereocenters. The van der Waals surface area contributed by atoms with Gasteiger partial charge in [-0.15, -0.1) is 0 Å². The second-order valence-electron chi connectivity index (χ2n) is 7.43. The molecule has 0 bridgehead atoms. The number of amides is 1. The number of benzene rings is 1. The fourth-order valence-corrected chi connectivity index (χ4v) is 4.09. The Balaban J connectivity index is 1.45. The van der Waals surface area contributed by atoms with Crippen LogP contribution in [-0.2, 0) is 17.6 Å². The summed E-state index contributed by atoms with van der Waals surface area (Å²) in [5.74, 6) is 0.488. The predicted octanol–water partition coefficient (Wildman–Crippen LogP) is 2.36. The first kappa shape index (κ1) is 17.1. The summed E-state index contributed by atoms with van der Waals surface area (Å²) in [5.41, 5.74) is 4.30. The van der Waals surface area contributed by atoms with Crippen molar-refractivity contribution in [3.05, 3.63) is 41.7 Å². The molecule has 2 aliphatic rings. The van der Waals surface area contributed by atoms with Crippen molar-refractivity contribution in [2.75, 3.05) is 29.9 Å². The molecule has 3 N–H and O–H groups in total. The highest BCUT2D eigenvalue weighted by atomic mass is 16.3. The summed E-state index contributed by atoms with van der Waals surface area (Å²) in [6, 6.07) is 8.04. The molecule has 2 heterocycles. The zero-order chi connectivity index (χ0) is 17.9. The third-order valence-electron chi connectivity index (χ3n) is 5.76. The Bertz CT molecular complexity index is 765. The number of hydrogen-bond acceptors (Lipinski definition) is 4. The van der Waals surface area contributed by atoms with Crippen LogP contribution >= 0.6 is 0 Å². The van der Waals surface area contributed by atoms with Crippen molar-refractivity contribution in [2.24, 2.45) is 11.8 Å². The van der Waals surface area contributed by atoms with Gasteiger partial charge in [0.1, 0.15) is 0 Å². The molecule has 1 aliphatic carbocycles. The van der Waals surface area contributed by atoms with Crippen molar-refractivity contribution in [2.45, 2.75) is 32.1 Å². The van der Waals surface area contributed by atoms with Crippen molar-refractivity contribution in [1.29, 1.82) is 0 Å². The molecule has 0 radical (unpaired) electrons. The zero-order valence-electron chi connectivity index (χ0n) is 14.9. The van der Waals surface area contributed by atoms with E-state index in [0.29, 0.717) is 5.92 Å². The van der Waals surface area contributed by atoms with Crippen LogP contribution in [0.5, 0.6) is 0 Å². The van der Waals surface area contributed by atoms with Crippen LogP contribution in [0.2, 0.25) is 0 Å². The molecule has 1 unspecified atom stereocenters. The summed E-state index contributed by atoms with van der Waals surface area (Å²) < 4.78 is 0. The van der Waals surface area contributed by atoms with Gasteiger partial charge in [-0.25, -0.2) is 0 Å². The van der Waals surface area contributed by atoms with Gasteiger partial charge < -0.3 is 15.3 Å². The Kier molecular flexibility index (Phi) is 4.93. The largest absolute Gasteiger partial charge is 0.396 e. The lowest BCUT2D eigenvalue weighted by molar-refractivity contribution is -0.120. The second kappa shape index (κ2) is 7.50. The fourth-order valence-electron chi connectivity index (χ4n) is 4.09. The molecule has 1 aromatic carbocycles. The van der Waals surface area contributed by atoms with Gasteiger partial charge in [0.05, 0.1) is 17.6 Å². The number of rotatable bonds is 4. The predicted molar refractivity (Wildman–Crippen MR) is 101 cm³/mol. The molecule has 26 heavy (non-hydrogen) atoms. The van der Waals surface area contributed by atoms with Crippen molar-refractivity contribution in [3.63, 3.8) is 0 Å². The first-order valence-electron chi connectivity index (χ1n) is 9.51. The van der Waals surface area contributed by atoms with Crippen LogP contribution in [-0.4, -0.2) is 40.9 Å². The first-order chi connectivity index (χ1) is 12.7. The number of carbonyl (C=O) groups is 1. The highest BCUT2D eigenvalue weighted by Crippen LogP contribution is 2.31. The van der Waals surface area contributed by atoms with Crippen molar-refractivity contribution in [3.8, 4) is 0 Å². The molecule has 1 amide bonds. The second-order valence-corrected chi connectivity index (χ2v) is 7.43. The van der Waals surface area contributed by atoms with Crippen LogP contribution in [0.3, 0.4) is 0 Å². The minimum Gasteiger partial charge on any atom is -0.396 e. The molecule has 6 heteroatoms. The zero-order valence-corrected chi connectivity index (χ0v) is 14.9. The van der Waals surface area contributed by atoms with Crippen molar-refractivity contribution < 1.29 is 9.90 Å². The van der Waals surface area contributed by atoms with E-state index in [-0.39, 0.29) is 18.4 Å². The van der Waals surface area contributed by atoms with E-state index >= 15 is 0 Å². The van der Waals surface area contributed by atoms with Gasteiger partial charge in [-0.3, -0.25) is 9.89 Å². The average Bonchev–Trinajstić information content (AvgIpc) is 3.16. The van der Waals surface area contributed by atoms with Gasteiger partial charge in [-0.05, 0) is 55.7 Å². The van der Waals surface area contributed by atoms with E-state index in [4.69, 9.17) is 0 Å². The number of aliphatic hydroxyl groups excluding tert-OH is 1. The van der Waals surface area contributed by atoms with Crippen LogP contribution in [0.4, 0.5) is 11.4 Å². The third-order valence-corrected chi connectivity index (χ3v) is 5.76. The van der Waals surface area contributed by atoms with Crippen molar-refractivity contribution in [1.82, 2.24) is 10.2 Å². The van der Waals surface area contributed by atoms with E-state index in [0.717, 1.165) is 62.1 Å². The normalized spacial score (nSPS) is 20.7. The fraction of sp³-hybridized carbons (Fsp3) is 0.500. The maximum atomic E-state index is 12.8. The number of aryl methyl sites for hydroxylation is 1. The van der Waals surface area contributed by atoms with Gasteiger partial charge in [0.15, 0.2) is 0 Å². The number of nitrogens with zero attached hydrogens (tertiary/aromatic N) is 2. The highest BCUT2D eigenvalue weighted by molar-refractivity contribution is 5.96. The number of hydrogen-bond donors (Lipinski definition) is 3. The molecule has 0 spiro atoms. The summed E-state index contributed by atoms with van der Waals surface area (Å²) in [7, 11) is 0. The number of para-hydroxylation sites is 2. The molecule has 1 fully saturated rings. The molecule has 1 aromatic heterocycles. The third kappa shape index (κ3) is 3.46. The van der Waals surface area contributed by atoms with E-state index < -0.39 is 0 Å². The Morgan fingerprint density at radius 2 is 2.08 bits per heavy atom. The van der Waals surface area contributed by atoms with Crippen LogP contribution in [0.25, 0.3) is 0 Å². The lowest BCUT2D eigenvalue weighted by Crippen LogP contribution is -2.35. The van der Waals surface area contributed by atoms with E-state index in [2.05, 4.69) is 26.5 Å². The van der Waals surface area contributed by atoms with Crippen LogP contribution < -0.4 is 10.2 Å². The number of nitrogens with one attached hydrogen (secondary N) is 2. The highest BCUT2D eigenvalue weighted by Gasteiger charge is 2.27. The van der Waals surface area contributed by atoms with E-state index in [9.17, 15) is 9.90 Å². The maximum Gasteiger partial charge on any atom is 0.227 e. The molecule has 4 rings (SSSR count). The van der Waals surface area contributed by atoms with E-state index in [1.165, 1.54) is 5.69 Å². The number of fused-ring (bicyclic) bond motifs is 1. The monoisotopic (exact) mass is 354 g/mol. The molecule has 138 valence electrons. The van der Waals surface area contributed by atoms with Gasteiger partial charge >= 0.3 is 0 Å². The number of aromatic amines is 1. The quantitative estimate of drug-likeness (QED) is 0.787. The molecule has 1 aliphatic heterocycles. The summed E-state index contributed by atoms with van der Waals surface area (Å²) in [5, 5.41) is 19.6. The van der Waals surface area contributed by atoms with Gasteiger partial charge in [0.25, 0.3) is 0 Å². The van der Waals surface area contributed by atoms with Gasteiger partial charge in [0, 0.05) is 31.3 Å². The summed E-state index contributed by atoms with van der Waals surface area (Å²) in [6.45, 7) is 2.10. The molecule has 6 nitrogen and oxygen atoms in total. The first-order valence-corrected chi connectivity index (χ1v) is 9.51. The lowest BCUT2D eigenvalue weighted by atomic mass is 9.87. The van der Waals surface area contributed by atoms with Crippen molar-refractivity contribution >= 4 is 17.3 Å². The SMILES string of the molecule is O=C(Nc1ccccc1N1CCC(CO)CC1)C1CCc2[nH]ncc2C1. The van der Waals surface area contributed by atoms with Gasteiger partial charge in [-0.2, -0.15) is 5.10 Å². The Hall–Kier alpha value is -2.34. The standard InChI is InChI=1S/C20H26N4O2/c25-13-14-7-9-24(10-8-14)19-4-2-1-3-18(19)22-20(26)15-5-6-17-16(11-15)12-21-23-17/h1-4,12,14-15,25H,5-11,13H2,(H,21,23)(H,22,26). The topological polar surface area (TPSA) is 81.3 Å². The van der Waals surface area contributed by atoms with E-state index in [1.54, 1.807) is 0 Å². The summed E-state index contributed by atoms with van der Waals surface area (Å²) >= 11 is 0. The number of H-pyrrole nitrogens is 1. The number of anilines is 2. The molecule has 0 saturated carbocycles. The number of piperidine rings is 1. The number of aliphatic hydroxyl groups is 1. The smallest absolute Gasteiger partial charge is 0.227 e. The number of aromatic nitrogens is 2. The Morgan fingerprint density at radius 1 is 1.27 bits per heavy atom. The summed E-state index contributed by atoms with van der Waals surface area (Å²) in [6.07, 6.45) is 6.31. The molecular weight excluding hydrogens is 328 g/mol. The summed E-state index contributed by atoms with van der Waals surface area (Å²) in [4.78, 5) is 15.2. The molecule has 1 saturated heterocycles. The van der Waals surface area contributed by atoms with Gasteiger partial charge in [0.2, 0.25) is 5.91 Å². The molecular formula is C20H26N4O2. The van der Waals surface area contributed by atoms with Crippen LogP contribution in [0.1, 0.15) is 30.5 Å². The number of carbonyl (C=O) groups excluding carboxylic acids is 1.